The molecule has 2 heterocycles. The van der Waals surface area contributed by atoms with Crippen LogP contribution in [0.25, 0.3) is 11.0 Å². The number of aromatic nitrogens is 2. The van der Waals surface area contributed by atoms with Gasteiger partial charge in [-0.25, -0.2) is 4.98 Å². The second-order valence-electron chi connectivity index (χ2n) is 2.61. The maximum absolute atomic E-state index is 5.89. The van der Waals surface area contributed by atoms with Crippen molar-refractivity contribution in [3.63, 3.8) is 0 Å². The summed E-state index contributed by atoms with van der Waals surface area (Å²) in [5, 5.41) is 1.73. The third-order valence-electron chi connectivity index (χ3n) is 1.82. The summed E-state index contributed by atoms with van der Waals surface area (Å²) in [4.78, 5) is 7.16. The Bertz CT molecular complexity index is 436. The van der Waals surface area contributed by atoms with Crippen molar-refractivity contribution in [3.05, 3.63) is 27.5 Å². The van der Waals surface area contributed by atoms with Gasteiger partial charge in [-0.05, 0) is 34.5 Å². The van der Waals surface area contributed by atoms with E-state index in [9.17, 15) is 0 Å². The molecule has 0 aliphatic heterocycles. The van der Waals surface area contributed by atoms with Gasteiger partial charge in [-0.3, -0.25) is 0 Å². The molecule has 0 aromatic carbocycles. The summed E-state index contributed by atoms with van der Waals surface area (Å²) in [6, 6.07) is 2.00. The van der Waals surface area contributed by atoms with Crippen molar-refractivity contribution in [2.45, 2.75) is 6.92 Å². The first-order valence-electron chi connectivity index (χ1n) is 3.48. The number of halogens is 2. The molecule has 0 unspecified atom stereocenters. The zero-order chi connectivity index (χ0) is 8.72. The lowest BCUT2D eigenvalue weighted by molar-refractivity contribution is 1.31. The van der Waals surface area contributed by atoms with E-state index in [1.807, 2.05) is 13.0 Å². The second-order valence-corrected chi connectivity index (χ2v) is 3.91. The molecule has 0 aliphatic rings. The predicted molar refractivity (Wildman–Crippen MR) is 53.5 cm³/mol. The maximum Gasteiger partial charge on any atom is 0.138 e. The van der Waals surface area contributed by atoms with E-state index in [-0.39, 0.29) is 0 Å². The minimum absolute atomic E-state index is 0.663. The quantitative estimate of drug-likeness (QED) is 0.758. The van der Waals surface area contributed by atoms with Crippen LogP contribution in [0.5, 0.6) is 0 Å². The van der Waals surface area contributed by atoms with Crippen LogP contribution in [-0.2, 0) is 0 Å². The smallest absolute Gasteiger partial charge is 0.138 e. The molecule has 4 heteroatoms. The molecule has 0 spiro atoms. The normalized spacial score (nSPS) is 10.9. The zero-order valence-electron chi connectivity index (χ0n) is 6.36. The summed E-state index contributed by atoms with van der Waals surface area (Å²) in [7, 11) is 0. The number of fused-ring (bicyclic) bond motifs is 1. The SMILES string of the molecule is Cc1c(Cl)[nH]c2ncc(Br)cc12. The van der Waals surface area contributed by atoms with E-state index >= 15 is 0 Å². The van der Waals surface area contributed by atoms with E-state index in [1.54, 1.807) is 6.20 Å². The summed E-state index contributed by atoms with van der Waals surface area (Å²) in [5.41, 5.74) is 1.88. The lowest BCUT2D eigenvalue weighted by Crippen LogP contribution is -1.75. The Balaban J connectivity index is 2.88. The minimum atomic E-state index is 0.663. The molecule has 0 bridgehead atoms. The Kier molecular flexibility index (Phi) is 1.85. The number of rotatable bonds is 0. The van der Waals surface area contributed by atoms with Crippen molar-refractivity contribution in [1.82, 2.24) is 9.97 Å². The van der Waals surface area contributed by atoms with Gasteiger partial charge in [0.1, 0.15) is 10.8 Å². The first-order chi connectivity index (χ1) is 5.68. The lowest BCUT2D eigenvalue weighted by atomic mass is 10.2. The van der Waals surface area contributed by atoms with E-state index in [0.717, 1.165) is 21.1 Å². The van der Waals surface area contributed by atoms with Crippen LogP contribution in [0.3, 0.4) is 0 Å². The van der Waals surface area contributed by atoms with Gasteiger partial charge in [0.25, 0.3) is 0 Å². The van der Waals surface area contributed by atoms with Crippen molar-refractivity contribution in [1.29, 1.82) is 0 Å². The number of pyridine rings is 1. The fraction of sp³-hybridized carbons (Fsp3) is 0.125. The first-order valence-corrected chi connectivity index (χ1v) is 4.65. The molecule has 2 nitrogen and oxygen atoms in total. The Hall–Kier alpha value is -0.540. The fourth-order valence-corrected chi connectivity index (χ4v) is 1.66. The minimum Gasteiger partial charge on any atom is -0.330 e. The van der Waals surface area contributed by atoms with Crippen molar-refractivity contribution in [2.24, 2.45) is 0 Å². The van der Waals surface area contributed by atoms with Gasteiger partial charge in [0, 0.05) is 16.1 Å². The molecule has 0 saturated heterocycles. The summed E-state index contributed by atoms with van der Waals surface area (Å²) < 4.78 is 0.966. The molecule has 0 radical (unpaired) electrons. The van der Waals surface area contributed by atoms with Crippen LogP contribution < -0.4 is 0 Å². The molecule has 2 aromatic rings. The average Bonchev–Trinajstić information content (AvgIpc) is 2.31. The Labute approximate surface area is 83.1 Å². The second kappa shape index (κ2) is 2.75. The molecule has 0 amide bonds. The summed E-state index contributed by atoms with van der Waals surface area (Å²) >= 11 is 9.25. The molecule has 0 atom stereocenters. The molecule has 0 saturated carbocycles. The highest BCUT2D eigenvalue weighted by molar-refractivity contribution is 9.10. The topological polar surface area (TPSA) is 28.7 Å². The van der Waals surface area contributed by atoms with Crippen LogP contribution in [0.1, 0.15) is 5.56 Å². The predicted octanol–water partition coefficient (Wildman–Crippen LogP) is 3.29. The fourth-order valence-electron chi connectivity index (χ4n) is 1.14. The zero-order valence-corrected chi connectivity index (χ0v) is 8.70. The summed E-state index contributed by atoms with van der Waals surface area (Å²) in [5.74, 6) is 0. The first kappa shape index (κ1) is 8.08. The number of aromatic amines is 1. The molecule has 1 N–H and O–H groups in total. The number of hydrogen-bond acceptors (Lipinski definition) is 1. The van der Waals surface area contributed by atoms with Crippen molar-refractivity contribution >= 4 is 38.6 Å². The van der Waals surface area contributed by atoms with Crippen molar-refractivity contribution < 1.29 is 0 Å². The van der Waals surface area contributed by atoms with Gasteiger partial charge in [-0.1, -0.05) is 11.6 Å². The van der Waals surface area contributed by atoms with E-state index in [4.69, 9.17) is 11.6 Å². The summed E-state index contributed by atoms with van der Waals surface area (Å²) in [6.45, 7) is 1.97. The van der Waals surface area contributed by atoms with Crippen LogP contribution in [-0.4, -0.2) is 9.97 Å². The van der Waals surface area contributed by atoms with Crippen LogP contribution in [0.15, 0.2) is 16.7 Å². The lowest BCUT2D eigenvalue weighted by Gasteiger charge is -1.90. The van der Waals surface area contributed by atoms with Crippen molar-refractivity contribution in [2.75, 3.05) is 0 Å². The molecular weight excluding hydrogens is 239 g/mol. The van der Waals surface area contributed by atoms with E-state index in [0.29, 0.717) is 5.15 Å². The van der Waals surface area contributed by atoms with Crippen LogP contribution in [0, 0.1) is 6.92 Å². The van der Waals surface area contributed by atoms with E-state index < -0.39 is 0 Å². The molecular formula is C8H6BrClN2. The van der Waals surface area contributed by atoms with Crippen LogP contribution >= 0.6 is 27.5 Å². The van der Waals surface area contributed by atoms with Crippen LogP contribution in [0.2, 0.25) is 5.15 Å². The van der Waals surface area contributed by atoms with Gasteiger partial charge in [-0.15, -0.1) is 0 Å². The number of nitrogens with one attached hydrogen (secondary N) is 1. The van der Waals surface area contributed by atoms with E-state index in [2.05, 4.69) is 25.9 Å². The van der Waals surface area contributed by atoms with Gasteiger partial charge < -0.3 is 4.98 Å². The monoisotopic (exact) mass is 244 g/mol. The molecule has 2 rings (SSSR count). The molecule has 12 heavy (non-hydrogen) atoms. The molecule has 0 fully saturated rings. The highest BCUT2D eigenvalue weighted by Crippen LogP contribution is 2.25. The standard InChI is InChI=1S/C8H6BrClN2/c1-4-6-2-5(9)3-11-8(6)12-7(4)10/h2-3H,1H3,(H,11,12). The maximum atomic E-state index is 5.89. The number of aryl methyl sites for hydroxylation is 1. The van der Waals surface area contributed by atoms with Gasteiger partial charge in [0.05, 0.1) is 0 Å². The number of H-pyrrole nitrogens is 1. The molecule has 62 valence electrons. The van der Waals surface area contributed by atoms with Gasteiger partial charge in [0.15, 0.2) is 0 Å². The van der Waals surface area contributed by atoms with Crippen LogP contribution in [0.4, 0.5) is 0 Å². The summed E-state index contributed by atoms with van der Waals surface area (Å²) in [6.07, 6.45) is 1.74. The van der Waals surface area contributed by atoms with E-state index in [1.165, 1.54) is 0 Å². The third kappa shape index (κ3) is 1.13. The average molecular weight is 246 g/mol. The Morgan fingerprint density at radius 2 is 2.33 bits per heavy atom. The molecule has 0 aliphatic carbocycles. The largest absolute Gasteiger partial charge is 0.330 e. The number of hydrogen-bond donors (Lipinski definition) is 1. The Morgan fingerprint density at radius 1 is 1.58 bits per heavy atom. The number of nitrogens with zero attached hydrogens (tertiary/aromatic N) is 1. The molecule has 2 aromatic heterocycles. The highest BCUT2D eigenvalue weighted by atomic mass is 79.9. The van der Waals surface area contributed by atoms with Crippen molar-refractivity contribution in [3.8, 4) is 0 Å². The van der Waals surface area contributed by atoms with Gasteiger partial charge in [0.2, 0.25) is 0 Å². The Morgan fingerprint density at radius 3 is 3.08 bits per heavy atom. The highest BCUT2D eigenvalue weighted by Gasteiger charge is 2.05. The third-order valence-corrected chi connectivity index (χ3v) is 2.63. The van der Waals surface area contributed by atoms with Gasteiger partial charge >= 0.3 is 0 Å². The van der Waals surface area contributed by atoms with Gasteiger partial charge in [-0.2, -0.15) is 0 Å².